The van der Waals surface area contributed by atoms with E-state index >= 15 is 0 Å². The van der Waals surface area contributed by atoms with Crippen LogP contribution in [0.2, 0.25) is 0 Å². The number of hydrogen-bond acceptors (Lipinski definition) is 7. The lowest BCUT2D eigenvalue weighted by Crippen LogP contribution is -2.16. The van der Waals surface area contributed by atoms with Crippen LogP contribution in [0.15, 0.2) is 54.6 Å². The summed E-state index contributed by atoms with van der Waals surface area (Å²) in [5.41, 5.74) is 1.78. The zero-order valence-electron chi connectivity index (χ0n) is 16.2. The highest BCUT2D eigenvalue weighted by Gasteiger charge is 2.13. The Bertz CT molecular complexity index is 1040. The monoisotopic (exact) mass is 392 g/mol. The van der Waals surface area contributed by atoms with Gasteiger partial charge in [-0.2, -0.15) is 0 Å². The first kappa shape index (κ1) is 19.8. The third-order valence-electron chi connectivity index (χ3n) is 3.97. The van der Waals surface area contributed by atoms with Crippen LogP contribution in [-0.4, -0.2) is 36.1 Å². The number of carbonyl (C=O) groups excluding carboxylic acids is 2. The lowest BCUT2D eigenvalue weighted by atomic mass is 10.2. The number of aryl methyl sites for hydroxylation is 1. The smallest absolute Gasteiger partial charge is 0.337 e. The minimum absolute atomic E-state index is 0.192. The number of esters is 1. The van der Waals surface area contributed by atoms with E-state index < -0.39 is 11.9 Å². The van der Waals surface area contributed by atoms with E-state index in [1.54, 1.807) is 38.3 Å². The molecule has 0 spiro atoms. The van der Waals surface area contributed by atoms with Crippen LogP contribution in [0.25, 0.3) is 0 Å². The summed E-state index contributed by atoms with van der Waals surface area (Å²) in [6.45, 7) is 1.70. The summed E-state index contributed by atoms with van der Waals surface area (Å²) in [5.74, 6) is 0.761. The molecule has 1 aromatic heterocycles. The molecular formula is C21H20N4O4. The summed E-state index contributed by atoms with van der Waals surface area (Å²) in [6, 6.07) is 15.3. The Balaban J connectivity index is 1.78. The van der Waals surface area contributed by atoms with Gasteiger partial charge in [-0.05, 0) is 49.4 Å². The molecule has 0 atom stereocenters. The maximum Gasteiger partial charge on any atom is 0.337 e. The van der Waals surface area contributed by atoms with Gasteiger partial charge in [-0.25, -0.2) is 14.8 Å². The number of anilines is 3. The van der Waals surface area contributed by atoms with Crippen molar-refractivity contribution in [3.05, 3.63) is 71.7 Å². The van der Waals surface area contributed by atoms with Crippen LogP contribution in [0.4, 0.5) is 17.2 Å². The molecule has 0 unspecified atom stereocenters. The molecule has 3 aromatic rings. The fourth-order valence-electron chi connectivity index (χ4n) is 2.61. The second kappa shape index (κ2) is 8.83. The maximum absolute atomic E-state index is 12.6. The Morgan fingerprint density at radius 2 is 1.69 bits per heavy atom. The molecule has 1 amide bonds. The Morgan fingerprint density at radius 3 is 2.38 bits per heavy atom. The standard InChI is InChI=1S/C21H20N4O4/c1-13-22-18(12-19(23-13)24-15-7-9-17(28-2)10-8-15)20(26)25-16-6-4-5-14(11-16)21(27)29-3/h4-12H,1-3H3,(H,25,26)(H,22,23,24). The molecule has 0 fully saturated rings. The molecule has 2 N–H and O–H groups in total. The Kier molecular flexibility index (Phi) is 6.03. The fraction of sp³-hybridized carbons (Fsp3) is 0.143. The highest BCUT2D eigenvalue weighted by atomic mass is 16.5. The van der Waals surface area contributed by atoms with Gasteiger partial charge in [0.2, 0.25) is 0 Å². The molecule has 8 heteroatoms. The number of rotatable bonds is 6. The number of aromatic nitrogens is 2. The number of ether oxygens (including phenoxy) is 2. The van der Waals surface area contributed by atoms with Gasteiger partial charge in [-0.3, -0.25) is 4.79 Å². The quantitative estimate of drug-likeness (QED) is 0.618. The third-order valence-corrected chi connectivity index (χ3v) is 3.97. The van der Waals surface area contributed by atoms with Crippen molar-refractivity contribution in [1.29, 1.82) is 0 Å². The highest BCUT2D eigenvalue weighted by molar-refractivity contribution is 6.04. The maximum atomic E-state index is 12.6. The number of nitrogens with zero attached hydrogens (tertiary/aromatic N) is 2. The number of benzene rings is 2. The molecule has 2 aromatic carbocycles. The van der Waals surface area contributed by atoms with E-state index in [1.807, 2.05) is 24.3 Å². The summed E-state index contributed by atoms with van der Waals surface area (Å²) in [6.07, 6.45) is 0. The summed E-state index contributed by atoms with van der Waals surface area (Å²) in [7, 11) is 2.90. The first-order valence-corrected chi connectivity index (χ1v) is 8.75. The Labute approximate surface area is 167 Å². The van der Waals surface area contributed by atoms with Gasteiger partial charge < -0.3 is 20.1 Å². The topological polar surface area (TPSA) is 102 Å². The lowest BCUT2D eigenvalue weighted by molar-refractivity contribution is 0.0600. The lowest BCUT2D eigenvalue weighted by Gasteiger charge is -2.10. The predicted molar refractivity (Wildman–Crippen MR) is 109 cm³/mol. The van der Waals surface area contributed by atoms with Crippen molar-refractivity contribution in [3.8, 4) is 5.75 Å². The van der Waals surface area contributed by atoms with E-state index in [0.717, 1.165) is 11.4 Å². The van der Waals surface area contributed by atoms with Gasteiger partial charge >= 0.3 is 5.97 Å². The van der Waals surface area contributed by atoms with E-state index in [-0.39, 0.29) is 5.69 Å². The highest BCUT2D eigenvalue weighted by Crippen LogP contribution is 2.20. The van der Waals surface area contributed by atoms with Crippen LogP contribution in [-0.2, 0) is 4.74 Å². The van der Waals surface area contributed by atoms with Crippen molar-refractivity contribution < 1.29 is 19.1 Å². The molecule has 0 bridgehead atoms. The minimum atomic E-state index is -0.482. The normalized spacial score (nSPS) is 10.2. The van der Waals surface area contributed by atoms with Gasteiger partial charge in [-0.15, -0.1) is 0 Å². The summed E-state index contributed by atoms with van der Waals surface area (Å²) in [4.78, 5) is 32.8. The molecule has 0 aliphatic rings. The van der Waals surface area contributed by atoms with Crippen LogP contribution >= 0.6 is 0 Å². The molecule has 0 saturated heterocycles. The zero-order valence-corrected chi connectivity index (χ0v) is 16.2. The van der Waals surface area contributed by atoms with E-state index in [1.165, 1.54) is 13.2 Å². The van der Waals surface area contributed by atoms with Crippen molar-refractivity contribution >= 4 is 29.1 Å². The minimum Gasteiger partial charge on any atom is -0.497 e. The van der Waals surface area contributed by atoms with E-state index in [4.69, 9.17) is 9.47 Å². The zero-order chi connectivity index (χ0) is 20.8. The van der Waals surface area contributed by atoms with E-state index in [0.29, 0.717) is 22.9 Å². The molecule has 29 heavy (non-hydrogen) atoms. The van der Waals surface area contributed by atoms with Crippen molar-refractivity contribution in [2.75, 3.05) is 24.9 Å². The number of hydrogen-bond donors (Lipinski definition) is 2. The van der Waals surface area contributed by atoms with Crippen LogP contribution < -0.4 is 15.4 Å². The summed E-state index contributed by atoms with van der Waals surface area (Å²) in [5, 5.41) is 5.87. The molecule has 148 valence electrons. The van der Waals surface area contributed by atoms with Crippen molar-refractivity contribution in [3.63, 3.8) is 0 Å². The van der Waals surface area contributed by atoms with Gasteiger partial charge in [0.1, 0.15) is 23.1 Å². The number of carbonyl (C=O) groups is 2. The molecule has 8 nitrogen and oxygen atoms in total. The van der Waals surface area contributed by atoms with Crippen LogP contribution in [0, 0.1) is 6.92 Å². The number of methoxy groups -OCH3 is 2. The molecular weight excluding hydrogens is 372 g/mol. The molecule has 1 heterocycles. The molecule has 0 saturated carbocycles. The average molecular weight is 392 g/mol. The first-order chi connectivity index (χ1) is 14.0. The number of amides is 1. The fourth-order valence-corrected chi connectivity index (χ4v) is 2.61. The van der Waals surface area contributed by atoms with Crippen molar-refractivity contribution in [1.82, 2.24) is 9.97 Å². The number of nitrogens with one attached hydrogen (secondary N) is 2. The molecule has 3 rings (SSSR count). The molecule has 0 aliphatic carbocycles. The van der Waals surface area contributed by atoms with Gasteiger partial charge in [0.15, 0.2) is 0 Å². The Hall–Kier alpha value is -3.94. The van der Waals surface area contributed by atoms with Gasteiger partial charge in [0, 0.05) is 17.4 Å². The van der Waals surface area contributed by atoms with Crippen molar-refractivity contribution in [2.24, 2.45) is 0 Å². The summed E-state index contributed by atoms with van der Waals surface area (Å²) >= 11 is 0. The van der Waals surface area contributed by atoms with Crippen LogP contribution in [0.5, 0.6) is 5.75 Å². The largest absolute Gasteiger partial charge is 0.497 e. The second-order valence-corrected chi connectivity index (χ2v) is 6.07. The predicted octanol–water partition coefficient (Wildman–Crippen LogP) is 3.58. The summed E-state index contributed by atoms with van der Waals surface area (Å²) < 4.78 is 9.84. The average Bonchev–Trinajstić information content (AvgIpc) is 2.73. The van der Waals surface area contributed by atoms with E-state index in [2.05, 4.69) is 20.6 Å². The van der Waals surface area contributed by atoms with Gasteiger partial charge in [-0.1, -0.05) is 6.07 Å². The first-order valence-electron chi connectivity index (χ1n) is 8.75. The Morgan fingerprint density at radius 1 is 0.931 bits per heavy atom. The second-order valence-electron chi connectivity index (χ2n) is 6.07. The van der Waals surface area contributed by atoms with Crippen LogP contribution in [0.3, 0.4) is 0 Å². The molecule has 0 aliphatic heterocycles. The van der Waals surface area contributed by atoms with Crippen LogP contribution in [0.1, 0.15) is 26.7 Å². The third kappa shape index (κ3) is 5.07. The van der Waals surface area contributed by atoms with Gasteiger partial charge in [0.05, 0.1) is 19.8 Å². The van der Waals surface area contributed by atoms with Crippen molar-refractivity contribution in [2.45, 2.75) is 6.92 Å². The molecule has 0 radical (unpaired) electrons. The van der Waals surface area contributed by atoms with E-state index in [9.17, 15) is 9.59 Å². The van der Waals surface area contributed by atoms with Gasteiger partial charge in [0.25, 0.3) is 5.91 Å². The SMILES string of the molecule is COC(=O)c1cccc(NC(=O)c2cc(Nc3ccc(OC)cc3)nc(C)n2)c1.